The highest BCUT2D eigenvalue weighted by Crippen LogP contribution is 2.28. The van der Waals surface area contributed by atoms with Crippen molar-refractivity contribution < 1.29 is 9.90 Å². The number of carboxylic acid groups (broad SMARTS) is 1. The molecule has 1 aromatic carbocycles. The van der Waals surface area contributed by atoms with E-state index in [0.717, 1.165) is 5.69 Å². The Bertz CT molecular complexity index is 568. The van der Waals surface area contributed by atoms with Gasteiger partial charge in [-0.25, -0.2) is 9.78 Å². The molecule has 0 atom stereocenters. The van der Waals surface area contributed by atoms with Crippen molar-refractivity contribution >= 4 is 39.7 Å². The van der Waals surface area contributed by atoms with Crippen molar-refractivity contribution in [1.29, 1.82) is 0 Å². The number of halogens is 1. The van der Waals surface area contributed by atoms with Gasteiger partial charge in [-0.05, 0) is 25.1 Å². The molecule has 2 N–H and O–H groups in total. The molecule has 0 aliphatic rings. The number of benzene rings is 1. The van der Waals surface area contributed by atoms with Crippen molar-refractivity contribution in [2.75, 3.05) is 5.32 Å². The summed E-state index contributed by atoms with van der Waals surface area (Å²) in [7, 11) is 0. The van der Waals surface area contributed by atoms with Crippen molar-refractivity contribution in [2.24, 2.45) is 0 Å². The van der Waals surface area contributed by atoms with E-state index < -0.39 is 5.97 Å². The van der Waals surface area contributed by atoms with E-state index in [1.165, 1.54) is 23.5 Å². The summed E-state index contributed by atoms with van der Waals surface area (Å²) in [6, 6.07) is 4.50. The minimum absolute atomic E-state index is 0.185. The topological polar surface area (TPSA) is 62.2 Å². The van der Waals surface area contributed by atoms with E-state index in [4.69, 9.17) is 16.7 Å². The summed E-state index contributed by atoms with van der Waals surface area (Å²) < 4.78 is 0. The lowest BCUT2D eigenvalue weighted by Crippen LogP contribution is -1.98. The number of carbonyl (C=O) groups is 1. The zero-order chi connectivity index (χ0) is 12.4. The molecule has 88 valence electrons. The van der Waals surface area contributed by atoms with Gasteiger partial charge in [-0.15, -0.1) is 11.3 Å². The molecule has 0 amide bonds. The molecular formula is C11H9ClN2O2S. The highest BCUT2D eigenvalue weighted by molar-refractivity contribution is 7.13. The maximum absolute atomic E-state index is 10.8. The van der Waals surface area contributed by atoms with Crippen LogP contribution in [0.2, 0.25) is 5.02 Å². The number of hydrogen-bond donors (Lipinski definition) is 2. The lowest BCUT2D eigenvalue weighted by molar-refractivity contribution is 0.0697. The van der Waals surface area contributed by atoms with E-state index in [1.54, 1.807) is 6.07 Å². The van der Waals surface area contributed by atoms with Gasteiger partial charge in [0, 0.05) is 5.38 Å². The molecule has 0 bridgehead atoms. The van der Waals surface area contributed by atoms with Gasteiger partial charge in [0.25, 0.3) is 0 Å². The Morgan fingerprint density at radius 3 is 2.88 bits per heavy atom. The number of carboxylic acids is 1. The maximum atomic E-state index is 10.8. The van der Waals surface area contributed by atoms with Crippen LogP contribution in [0.15, 0.2) is 23.6 Å². The third-order valence-corrected chi connectivity index (χ3v) is 3.28. The highest BCUT2D eigenvalue weighted by atomic mass is 35.5. The third-order valence-electron chi connectivity index (χ3n) is 2.07. The van der Waals surface area contributed by atoms with E-state index in [1.807, 2.05) is 12.3 Å². The molecule has 0 fully saturated rings. The van der Waals surface area contributed by atoms with Crippen LogP contribution in [-0.4, -0.2) is 16.1 Å². The number of nitrogens with one attached hydrogen (secondary N) is 1. The fourth-order valence-corrected chi connectivity index (χ4v) is 2.15. The Labute approximate surface area is 107 Å². The first kappa shape index (κ1) is 11.9. The first-order chi connectivity index (χ1) is 8.06. The third kappa shape index (κ3) is 2.75. The minimum Gasteiger partial charge on any atom is -0.478 e. The van der Waals surface area contributed by atoms with Gasteiger partial charge in [-0.2, -0.15) is 0 Å². The zero-order valence-corrected chi connectivity index (χ0v) is 10.5. The standard InChI is InChI=1S/C11H9ClN2O2S/c1-6-5-17-11(13-6)14-9-4-7(10(15)16)2-3-8(9)12/h2-5H,1H3,(H,13,14)(H,15,16). The summed E-state index contributed by atoms with van der Waals surface area (Å²) in [5.41, 5.74) is 1.63. The Morgan fingerprint density at radius 1 is 1.53 bits per heavy atom. The van der Waals surface area contributed by atoms with Crippen molar-refractivity contribution in [3.8, 4) is 0 Å². The van der Waals surface area contributed by atoms with Crippen LogP contribution in [0.25, 0.3) is 0 Å². The maximum Gasteiger partial charge on any atom is 0.335 e. The van der Waals surface area contributed by atoms with Crippen LogP contribution in [0.3, 0.4) is 0 Å². The van der Waals surface area contributed by atoms with Gasteiger partial charge in [0.15, 0.2) is 5.13 Å². The van der Waals surface area contributed by atoms with E-state index in [2.05, 4.69) is 10.3 Å². The van der Waals surface area contributed by atoms with Crippen LogP contribution in [-0.2, 0) is 0 Å². The molecule has 1 heterocycles. The van der Waals surface area contributed by atoms with Crippen LogP contribution >= 0.6 is 22.9 Å². The number of aromatic carboxylic acids is 1. The number of rotatable bonds is 3. The summed E-state index contributed by atoms with van der Waals surface area (Å²) in [5.74, 6) is -0.986. The van der Waals surface area contributed by atoms with Crippen LogP contribution in [0.4, 0.5) is 10.8 Å². The normalized spacial score (nSPS) is 10.2. The van der Waals surface area contributed by atoms with E-state index >= 15 is 0 Å². The van der Waals surface area contributed by atoms with Gasteiger partial charge < -0.3 is 10.4 Å². The second kappa shape index (κ2) is 4.73. The van der Waals surface area contributed by atoms with Gasteiger partial charge >= 0.3 is 5.97 Å². The predicted molar refractivity (Wildman–Crippen MR) is 68.5 cm³/mol. The molecule has 0 aliphatic carbocycles. The quantitative estimate of drug-likeness (QED) is 0.894. The molecule has 0 spiro atoms. The molecule has 2 aromatic rings. The summed E-state index contributed by atoms with van der Waals surface area (Å²) in [4.78, 5) is 15.1. The second-order valence-electron chi connectivity index (χ2n) is 3.42. The summed E-state index contributed by atoms with van der Waals surface area (Å²) in [6.45, 7) is 1.89. The smallest absolute Gasteiger partial charge is 0.335 e. The second-order valence-corrected chi connectivity index (χ2v) is 4.68. The molecular weight excluding hydrogens is 260 g/mol. The van der Waals surface area contributed by atoms with Crippen LogP contribution in [0.1, 0.15) is 16.1 Å². The van der Waals surface area contributed by atoms with Gasteiger partial charge in [0.1, 0.15) is 0 Å². The Balaban J connectivity index is 2.31. The van der Waals surface area contributed by atoms with Crippen LogP contribution in [0, 0.1) is 6.92 Å². The molecule has 0 unspecified atom stereocenters. The van der Waals surface area contributed by atoms with Crippen LogP contribution in [0.5, 0.6) is 0 Å². The fourth-order valence-electron chi connectivity index (χ4n) is 1.28. The van der Waals surface area contributed by atoms with Crippen LogP contribution < -0.4 is 5.32 Å². The molecule has 0 saturated carbocycles. The molecule has 0 radical (unpaired) electrons. The number of aryl methyl sites for hydroxylation is 1. The van der Waals surface area contributed by atoms with E-state index in [-0.39, 0.29) is 5.56 Å². The number of nitrogens with zero attached hydrogens (tertiary/aromatic N) is 1. The molecule has 6 heteroatoms. The zero-order valence-electron chi connectivity index (χ0n) is 8.90. The number of hydrogen-bond acceptors (Lipinski definition) is 4. The first-order valence-corrected chi connectivity index (χ1v) is 6.04. The van der Waals surface area contributed by atoms with Crippen molar-refractivity contribution in [1.82, 2.24) is 4.98 Å². The molecule has 0 aliphatic heterocycles. The number of aromatic nitrogens is 1. The van der Waals surface area contributed by atoms with Crippen molar-refractivity contribution in [2.45, 2.75) is 6.92 Å². The molecule has 0 saturated heterocycles. The lowest BCUT2D eigenvalue weighted by Gasteiger charge is -2.06. The predicted octanol–water partition coefficient (Wildman–Crippen LogP) is 3.55. The largest absolute Gasteiger partial charge is 0.478 e. The van der Waals surface area contributed by atoms with Gasteiger partial charge in [-0.1, -0.05) is 11.6 Å². The first-order valence-electron chi connectivity index (χ1n) is 4.78. The fraction of sp³-hybridized carbons (Fsp3) is 0.0909. The molecule has 1 aromatic heterocycles. The Morgan fingerprint density at radius 2 is 2.29 bits per heavy atom. The monoisotopic (exact) mass is 268 g/mol. The lowest BCUT2D eigenvalue weighted by atomic mass is 10.2. The van der Waals surface area contributed by atoms with Gasteiger partial charge in [0.05, 0.1) is 22.0 Å². The number of anilines is 2. The Hall–Kier alpha value is -1.59. The summed E-state index contributed by atoms with van der Waals surface area (Å²) in [6.07, 6.45) is 0. The Kier molecular flexibility index (Phi) is 3.31. The average Bonchev–Trinajstić information content (AvgIpc) is 2.67. The molecule has 2 rings (SSSR count). The summed E-state index contributed by atoms with van der Waals surface area (Å²) in [5, 5.41) is 14.9. The minimum atomic E-state index is -0.986. The molecule has 17 heavy (non-hydrogen) atoms. The SMILES string of the molecule is Cc1csc(Nc2cc(C(=O)O)ccc2Cl)n1. The molecule has 4 nitrogen and oxygen atoms in total. The van der Waals surface area contributed by atoms with Gasteiger partial charge in [-0.3, -0.25) is 0 Å². The van der Waals surface area contributed by atoms with Crippen molar-refractivity contribution in [3.63, 3.8) is 0 Å². The van der Waals surface area contributed by atoms with Gasteiger partial charge in [0.2, 0.25) is 0 Å². The average molecular weight is 269 g/mol. The highest BCUT2D eigenvalue weighted by Gasteiger charge is 2.08. The van der Waals surface area contributed by atoms with E-state index in [0.29, 0.717) is 15.8 Å². The number of thiazole rings is 1. The van der Waals surface area contributed by atoms with E-state index in [9.17, 15) is 4.79 Å². The summed E-state index contributed by atoms with van der Waals surface area (Å²) >= 11 is 7.42. The van der Waals surface area contributed by atoms with Crippen molar-refractivity contribution in [3.05, 3.63) is 39.9 Å².